The van der Waals surface area contributed by atoms with Crippen LogP contribution in [0.15, 0.2) is 66.9 Å². The number of hydrogen-bond acceptors (Lipinski definition) is 7. The molecule has 0 unspecified atom stereocenters. The number of carbonyl (C=O) groups is 3. The molecule has 0 spiro atoms. The zero-order chi connectivity index (χ0) is 28.7. The number of carboxylic acid groups (broad SMARTS) is 1. The lowest BCUT2D eigenvalue weighted by Gasteiger charge is -2.19. The average Bonchev–Trinajstić information content (AvgIpc) is 3.23. The molecule has 0 bridgehead atoms. The van der Waals surface area contributed by atoms with Gasteiger partial charge in [-0.2, -0.15) is 0 Å². The van der Waals surface area contributed by atoms with Gasteiger partial charge in [-0.25, -0.2) is 19.4 Å². The number of carboxylic acids is 1. The predicted molar refractivity (Wildman–Crippen MR) is 150 cm³/mol. The quantitative estimate of drug-likeness (QED) is 0.272. The van der Waals surface area contributed by atoms with Crippen molar-refractivity contribution in [3.05, 3.63) is 83.6 Å². The van der Waals surface area contributed by atoms with Crippen molar-refractivity contribution in [3.8, 4) is 11.1 Å². The summed E-state index contributed by atoms with van der Waals surface area (Å²) in [6.07, 6.45) is 0.283. The molecule has 1 heterocycles. The number of ether oxygens (including phenoxy) is 2. The first-order chi connectivity index (χ1) is 19.1. The molecular formula is C30H34N4O6. The zero-order valence-electron chi connectivity index (χ0n) is 22.8. The molecule has 3 aromatic rings. The summed E-state index contributed by atoms with van der Waals surface area (Å²) in [6.45, 7) is 6.22. The first-order valence-corrected chi connectivity index (χ1v) is 13.1. The molecule has 1 aliphatic carbocycles. The molecule has 4 N–H and O–H groups in total. The summed E-state index contributed by atoms with van der Waals surface area (Å²) in [7, 11) is 0. The van der Waals surface area contributed by atoms with Gasteiger partial charge in [-0.15, -0.1) is 0 Å². The maximum atomic E-state index is 12.6. The van der Waals surface area contributed by atoms with E-state index < -0.39 is 29.8 Å². The minimum Gasteiger partial charge on any atom is -0.480 e. The number of rotatable bonds is 10. The van der Waals surface area contributed by atoms with E-state index in [4.69, 9.17) is 9.47 Å². The van der Waals surface area contributed by atoms with Crippen LogP contribution in [0.1, 0.15) is 43.4 Å². The van der Waals surface area contributed by atoms with E-state index in [9.17, 15) is 19.5 Å². The Morgan fingerprint density at radius 3 is 2.15 bits per heavy atom. The van der Waals surface area contributed by atoms with Crippen LogP contribution < -0.4 is 16.0 Å². The topological polar surface area (TPSA) is 139 Å². The van der Waals surface area contributed by atoms with Gasteiger partial charge in [-0.3, -0.25) is 0 Å². The number of anilines is 1. The molecule has 0 aliphatic heterocycles. The van der Waals surface area contributed by atoms with Crippen molar-refractivity contribution in [1.82, 2.24) is 15.6 Å². The number of benzene rings is 2. The lowest BCUT2D eigenvalue weighted by Crippen LogP contribution is -2.42. The Hall–Kier alpha value is -4.60. The third-order valence-electron chi connectivity index (χ3n) is 6.30. The molecule has 4 rings (SSSR count). The maximum Gasteiger partial charge on any atom is 0.407 e. The summed E-state index contributed by atoms with van der Waals surface area (Å²) in [6, 6.07) is 18.2. The molecule has 0 radical (unpaired) electrons. The molecule has 10 nitrogen and oxygen atoms in total. The van der Waals surface area contributed by atoms with Gasteiger partial charge in [0.25, 0.3) is 0 Å². The summed E-state index contributed by atoms with van der Waals surface area (Å²) >= 11 is 0. The Balaban J connectivity index is 1.26. The number of aliphatic carboxylic acids is 1. The van der Waals surface area contributed by atoms with Gasteiger partial charge in [0.2, 0.25) is 0 Å². The first kappa shape index (κ1) is 28.4. The van der Waals surface area contributed by atoms with E-state index in [1.165, 1.54) is 0 Å². The molecule has 40 heavy (non-hydrogen) atoms. The second-order valence-corrected chi connectivity index (χ2v) is 10.5. The molecule has 0 saturated heterocycles. The fraction of sp³-hybridized carbons (Fsp3) is 0.333. The average molecular weight is 547 g/mol. The molecular weight excluding hydrogens is 512 g/mol. The first-order valence-electron chi connectivity index (χ1n) is 13.1. The van der Waals surface area contributed by atoms with Crippen molar-refractivity contribution in [2.75, 3.05) is 25.0 Å². The van der Waals surface area contributed by atoms with Crippen LogP contribution in [0.4, 0.5) is 15.4 Å². The Morgan fingerprint density at radius 2 is 1.57 bits per heavy atom. The zero-order valence-corrected chi connectivity index (χ0v) is 22.8. The van der Waals surface area contributed by atoms with E-state index >= 15 is 0 Å². The van der Waals surface area contributed by atoms with Crippen molar-refractivity contribution >= 4 is 24.0 Å². The summed E-state index contributed by atoms with van der Waals surface area (Å²) < 4.78 is 10.7. The number of fused-ring (bicyclic) bond motifs is 3. The van der Waals surface area contributed by atoms with Gasteiger partial charge in [0, 0.05) is 31.6 Å². The van der Waals surface area contributed by atoms with Crippen LogP contribution in [0.5, 0.6) is 0 Å². The van der Waals surface area contributed by atoms with Crippen LogP contribution >= 0.6 is 0 Å². The summed E-state index contributed by atoms with van der Waals surface area (Å²) in [5.41, 5.74) is 4.44. The fourth-order valence-corrected chi connectivity index (χ4v) is 4.54. The van der Waals surface area contributed by atoms with E-state index in [0.29, 0.717) is 24.5 Å². The van der Waals surface area contributed by atoms with Gasteiger partial charge in [0.15, 0.2) is 0 Å². The minimum absolute atomic E-state index is 0.0347. The largest absolute Gasteiger partial charge is 0.480 e. The van der Waals surface area contributed by atoms with Gasteiger partial charge in [-0.05, 0) is 54.7 Å². The fourth-order valence-electron chi connectivity index (χ4n) is 4.54. The minimum atomic E-state index is -1.19. The third-order valence-corrected chi connectivity index (χ3v) is 6.30. The Morgan fingerprint density at radius 1 is 0.925 bits per heavy atom. The smallest absolute Gasteiger partial charge is 0.407 e. The van der Waals surface area contributed by atoms with E-state index in [0.717, 1.165) is 22.3 Å². The third kappa shape index (κ3) is 7.49. The highest BCUT2D eigenvalue weighted by molar-refractivity contribution is 5.81. The highest BCUT2D eigenvalue weighted by Crippen LogP contribution is 2.44. The van der Waals surface area contributed by atoms with Gasteiger partial charge in [-0.1, -0.05) is 54.6 Å². The van der Waals surface area contributed by atoms with Crippen molar-refractivity contribution in [2.45, 2.75) is 44.8 Å². The number of hydrogen-bond donors (Lipinski definition) is 4. The van der Waals surface area contributed by atoms with E-state index in [1.807, 2.05) is 48.5 Å². The van der Waals surface area contributed by atoms with Gasteiger partial charge >= 0.3 is 18.2 Å². The molecule has 1 atom stereocenters. The predicted octanol–water partition coefficient (Wildman–Crippen LogP) is 4.55. The SMILES string of the molecule is CC(C)(C)OC(=O)NCCNc1ccc(C[C@H](NC(=O)OCC2c3ccccc3-c3ccccc32)C(=O)O)cn1. The van der Waals surface area contributed by atoms with Crippen LogP contribution in [0, 0.1) is 0 Å². The number of nitrogens with zero attached hydrogens (tertiary/aromatic N) is 1. The van der Waals surface area contributed by atoms with Crippen molar-refractivity contribution in [2.24, 2.45) is 0 Å². The Labute approximate surface area is 233 Å². The molecule has 1 aliphatic rings. The van der Waals surface area contributed by atoms with E-state index in [-0.39, 0.29) is 18.9 Å². The second-order valence-electron chi connectivity index (χ2n) is 10.5. The molecule has 1 aromatic heterocycles. The second kappa shape index (κ2) is 12.5. The number of amides is 2. The van der Waals surface area contributed by atoms with Gasteiger partial charge in [0.05, 0.1) is 0 Å². The van der Waals surface area contributed by atoms with E-state index in [1.54, 1.807) is 39.1 Å². The van der Waals surface area contributed by atoms with Gasteiger partial charge in [0.1, 0.15) is 24.1 Å². The lowest BCUT2D eigenvalue weighted by molar-refractivity contribution is -0.139. The molecule has 0 saturated carbocycles. The van der Waals surface area contributed by atoms with E-state index in [2.05, 4.69) is 20.9 Å². The molecule has 2 aromatic carbocycles. The summed E-state index contributed by atoms with van der Waals surface area (Å²) in [4.78, 5) is 40.4. The number of alkyl carbamates (subject to hydrolysis) is 2. The highest BCUT2D eigenvalue weighted by Gasteiger charge is 2.30. The molecule has 210 valence electrons. The normalized spacial score (nSPS) is 13.0. The van der Waals surface area contributed by atoms with Crippen molar-refractivity contribution in [1.29, 1.82) is 0 Å². The number of pyridine rings is 1. The molecule has 0 fully saturated rings. The monoisotopic (exact) mass is 546 g/mol. The van der Waals surface area contributed by atoms with Gasteiger partial charge < -0.3 is 30.5 Å². The van der Waals surface area contributed by atoms with Crippen LogP contribution in [0.2, 0.25) is 0 Å². The number of nitrogens with one attached hydrogen (secondary N) is 3. The molecule has 10 heteroatoms. The molecule has 2 amide bonds. The lowest BCUT2D eigenvalue weighted by atomic mass is 9.98. The maximum absolute atomic E-state index is 12.6. The van der Waals surface area contributed by atoms with Crippen LogP contribution in [0.3, 0.4) is 0 Å². The Kier molecular flexibility index (Phi) is 8.88. The number of aromatic nitrogens is 1. The highest BCUT2D eigenvalue weighted by atomic mass is 16.6. The summed E-state index contributed by atoms with van der Waals surface area (Å²) in [5, 5.41) is 17.9. The van der Waals surface area contributed by atoms with Crippen molar-refractivity contribution in [3.63, 3.8) is 0 Å². The van der Waals surface area contributed by atoms with Crippen LogP contribution in [0.25, 0.3) is 11.1 Å². The van der Waals surface area contributed by atoms with Crippen LogP contribution in [-0.4, -0.2) is 59.6 Å². The number of carbonyl (C=O) groups excluding carboxylic acids is 2. The van der Waals surface area contributed by atoms with Crippen molar-refractivity contribution < 1.29 is 29.0 Å². The summed E-state index contributed by atoms with van der Waals surface area (Å²) in [5.74, 6) is -0.736. The standard InChI is InChI=1S/C30H34N4O6/c1-30(2,3)40-28(37)32-15-14-31-26-13-12-19(17-33-26)16-25(27(35)36)34-29(38)39-18-24-22-10-6-4-8-20(22)21-9-5-7-11-23(21)24/h4-13,17,24-25H,14-16,18H2,1-3H3,(H,31,33)(H,32,37)(H,34,38)(H,35,36)/t25-/m0/s1. The van der Waals surface area contributed by atoms with Crippen LogP contribution in [-0.2, 0) is 20.7 Å². The Bertz CT molecular complexity index is 1310.